The molecule has 4 rings (SSSR count). The summed E-state index contributed by atoms with van der Waals surface area (Å²) in [5.74, 6) is -2.16. The highest BCUT2D eigenvalue weighted by Gasteiger charge is 2.14. The normalized spacial score (nSPS) is 11.5. The monoisotopic (exact) mass is 382 g/mol. The number of nitrogens with zero attached hydrogens (tertiary/aromatic N) is 1. The van der Waals surface area contributed by atoms with Gasteiger partial charge in [-0.1, -0.05) is 6.07 Å². The molecule has 0 aliphatic carbocycles. The van der Waals surface area contributed by atoms with Gasteiger partial charge >= 0.3 is 0 Å². The number of phenolic OH excluding ortho intramolecular Hbond substituents is 2. The van der Waals surface area contributed by atoms with Crippen molar-refractivity contribution in [3.8, 4) is 11.5 Å². The van der Waals surface area contributed by atoms with Gasteiger partial charge < -0.3 is 14.6 Å². The molecule has 0 fully saturated rings. The molecular weight excluding hydrogens is 370 g/mol. The maximum Gasteiger partial charge on any atom is 0.204 e. The van der Waals surface area contributed by atoms with E-state index in [1.54, 1.807) is 12.1 Å². The van der Waals surface area contributed by atoms with E-state index < -0.39 is 22.8 Å². The van der Waals surface area contributed by atoms with Crippen molar-refractivity contribution in [1.82, 2.24) is 0 Å². The van der Waals surface area contributed by atoms with Crippen molar-refractivity contribution in [2.45, 2.75) is 0 Å². The first kappa shape index (κ1) is 17.5. The maximum absolute atomic E-state index is 13.6. The van der Waals surface area contributed by atoms with Crippen LogP contribution in [-0.2, 0) is 0 Å². The van der Waals surface area contributed by atoms with Gasteiger partial charge in [-0.3, -0.25) is 10.2 Å². The largest absolute Gasteiger partial charge is 0.508 e. The van der Waals surface area contributed by atoms with Gasteiger partial charge in [0.1, 0.15) is 33.9 Å². The highest BCUT2D eigenvalue weighted by molar-refractivity contribution is 6.01. The molecule has 3 N–H and O–H groups in total. The molecule has 0 atom stereocenters. The number of anilines is 1. The van der Waals surface area contributed by atoms with Gasteiger partial charge in [0.2, 0.25) is 5.43 Å². The fourth-order valence-electron chi connectivity index (χ4n) is 2.84. The number of hydrogen-bond donors (Lipinski definition) is 3. The average Bonchev–Trinajstić information content (AvgIpc) is 2.63. The highest BCUT2D eigenvalue weighted by atomic mass is 19.1. The predicted octanol–water partition coefficient (Wildman–Crippen LogP) is 4.08. The number of rotatable bonds is 3. The van der Waals surface area contributed by atoms with Crippen LogP contribution in [0.15, 0.2) is 62.8 Å². The van der Waals surface area contributed by atoms with Gasteiger partial charge in [-0.15, -0.1) is 0 Å². The third-order valence-electron chi connectivity index (χ3n) is 4.12. The molecule has 0 aliphatic heterocycles. The fourth-order valence-corrected chi connectivity index (χ4v) is 2.84. The third-order valence-corrected chi connectivity index (χ3v) is 4.12. The number of hydrazone groups is 1. The number of nitrogens with one attached hydrogen (secondary N) is 1. The molecule has 0 saturated heterocycles. The molecule has 0 spiro atoms. The second kappa shape index (κ2) is 6.66. The molecule has 0 bridgehead atoms. The Labute approximate surface area is 156 Å². The minimum atomic E-state index is -0.807. The lowest BCUT2D eigenvalue weighted by atomic mass is 10.1. The number of benzene rings is 3. The van der Waals surface area contributed by atoms with Crippen molar-refractivity contribution in [3.63, 3.8) is 0 Å². The molecule has 0 radical (unpaired) electrons. The molecule has 0 unspecified atom stereocenters. The quantitative estimate of drug-likeness (QED) is 0.282. The summed E-state index contributed by atoms with van der Waals surface area (Å²) in [7, 11) is 0. The minimum absolute atomic E-state index is 0.00777. The Morgan fingerprint density at radius 1 is 1.07 bits per heavy atom. The second-order valence-corrected chi connectivity index (χ2v) is 5.99. The van der Waals surface area contributed by atoms with Crippen LogP contribution < -0.4 is 10.9 Å². The Kier molecular flexibility index (Phi) is 4.15. The first-order chi connectivity index (χ1) is 13.4. The summed E-state index contributed by atoms with van der Waals surface area (Å²) in [5, 5.41) is 23.6. The van der Waals surface area contributed by atoms with E-state index >= 15 is 0 Å². The van der Waals surface area contributed by atoms with Crippen molar-refractivity contribution in [3.05, 3.63) is 76.0 Å². The van der Waals surface area contributed by atoms with Crippen LogP contribution in [0.25, 0.3) is 21.9 Å². The first-order valence-electron chi connectivity index (χ1n) is 8.09. The SMILES string of the molecule is O=c1c2cccc(/C=N\Nc3ccc(F)cc3F)c2oc2cc(O)cc(O)c12. The molecule has 1 heterocycles. The highest BCUT2D eigenvalue weighted by Crippen LogP contribution is 2.30. The molecule has 0 amide bonds. The van der Waals surface area contributed by atoms with E-state index in [0.29, 0.717) is 5.56 Å². The molecule has 28 heavy (non-hydrogen) atoms. The molecule has 8 heteroatoms. The Morgan fingerprint density at radius 3 is 2.68 bits per heavy atom. The van der Waals surface area contributed by atoms with Gasteiger partial charge in [0.25, 0.3) is 0 Å². The first-order valence-corrected chi connectivity index (χ1v) is 8.09. The molecule has 0 aliphatic rings. The van der Waals surface area contributed by atoms with E-state index in [9.17, 15) is 23.8 Å². The predicted molar refractivity (Wildman–Crippen MR) is 101 cm³/mol. The number of fused-ring (bicyclic) bond motifs is 2. The Balaban J connectivity index is 1.80. The number of phenols is 2. The standard InChI is InChI=1S/C20H12F2N2O4/c21-11-4-5-15(14(22)6-11)24-23-9-10-2-1-3-13-19(27)18-16(26)7-12(25)8-17(18)28-20(10)13/h1-9,24-26H/b23-9-. The zero-order valence-corrected chi connectivity index (χ0v) is 14.1. The molecule has 140 valence electrons. The van der Waals surface area contributed by atoms with Gasteiger partial charge in [-0.05, 0) is 24.3 Å². The Bertz CT molecular complexity index is 1320. The molecule has 0 saturated carbocycles. The van der Waals surface area contributed by atoms with Gasteiger partial charge in [0, 0.05) is 23.8 Å². The van der Waals surface area contributed by atoms with Crippen molar-refractivity contribution in [2.75, 3.05) is 5.43 Å². The van der Waals surface area contributed by atoms with Crippen molar-refractivity contribution in [2.24, 2.45) is 5.10 Å². The van der Waals surface area contributed by atoms with Crippen LogP contribution >= 0.6 is 0 Å². The number of hydrogen-bond acceptors (Lipinski definition) is 6. The summed E-state index contributed by atoms with van der Waals surface area (Å²) in [6.07, 6.45) is 1.31. The van der Waals surface area contributed by atoms with Crippen molar-refractivity contribution in [1.29, 1.82) is 0 Å². The zero-order chi connectivity index (χ0) is 19.8. The molecular formula is C20H12F2N2O4. The summed E-state index contributed by atoms with van der Waals surface area (Å²) in [5.41, 5.74) is 2.53. The zero-order valence-electron chi connectivity index (χ0n) is 14.1. The lowest BCUT2D eigenvalue weighted by Crippen LogP contribution is -2.04. The van der Waals surface area contributed by atoms with Crippen LogP contribution in [0, 0.1) is 11.6 Å². The van der Waals surface area contributed by atoms with E-state index in [1.165, 1.54) is 24.4 Å². The van der Waals surface area contributed by atoms with Crippen LogP contribution in [0.3, 0.4) is 0 Å². The van der Waals surface area contributed by atoms with Crippen LogP contribution in [0.1, 0.15) is 5.56 Å². The maximum atomic E-state index is 13.6. The molecule has 6 nitrogen and oxygen atoms in total. The number of aromatic hydroxyl groups is 2. The smallest absolute Gasteiger partial charge is 0.204 e. The van der Waals surface area contributed by atoms with E-state index in [4.69, 9.17) is 4.42 Å². The summed E-state index contributed by atoms with van der Waals surface area (Å²) in [6.45, 7) is 0. The van der Waals surface area contributed by atoms with E-state index in [2.05, 4.69) is 10.5 Å². The Hall–Kier alpha value is -3.94. The summed E-state index contributed by atoms with van der Waals surface area (Å²) in [4.78, 5) is 12.7. The van der Waals surface area contributed by atoms with Gasteiger partial charge in [0.05, 0.1) is 17.3 Å². The molecule has 1 aromatic heterocycles. The van der Waals surface area contributed by atoms with E-state index in [-0.39, 0.29) is 33.4 Å². The lowest BCUT2D eigenvalue weighted by molar-refractivity contribution is 0.453. The van der Waals surface area contributed by atoms with E-state index in [1.807, 2.05) is 0 Å². The van der Waals surface area contributed by atoms with Crippen molar-refractivity contribution < 1.29 is 23.4 Å². The Morgan fingerprint density at radius 2 is 1.89 bits per heavy atom. The summed E-state index contributed by atoms with van der Waals surface area (Å²) < 4.78 is 32.3. The van der Waals surface area contributed by atoms with Crippen molar-refractivity contribution >= 4 is 33.8 Å². The van der Waals surface area contributed by atoms with Crippen LogP contribution in [0.4, 0.5) is 14.5 Å². The third kappa shape index (κ3) is 3.01. The van der Waals surface area contributed by atoms with Crippen LogP contribution in [0.5, 0.6) is 11.5 Å². The van der Waals surface area contributed by atoms with Crippen LogP contribution in [-0.4, -0.2) is 16.4 Å². The lowest BCUT2D eigenvalue weighted by Gasteiger charge is -2.06. The minimum Gasteiger partial charge on any atom is -0.508 e. The average molecular weight is 382 g/mol. The van der Waals surface area contributed by atoms with Gasteiger partial charge in [0.15, 0.2) is 5.82 Å². The number of halogens is 2. The summed E-state index contributed by atoms with van der Waals surface area (Å²) >= 11 is 0. The number of para-hydroxylation sites is 1. The molecule has 3 aromatic carbocycles. The van der Waals surface area contributed by atoms with E-state index in [0.717, 1.165) is 18.2 Å². The van der Waals surface area contributed by atoms with Gasteiger partial charge in [-0.25, -0.2) is 8.78 Å². The van der Waals surface area contributed by atoms with Gasteiger partial charge in [-0.2, -0.15) is 5.10 Å². The second-order valence-electron chi connectivity index (χ2n) is 5.99. The van der Waals surface area contributed by atoms with Crippen LogP contribution in [0.2, 0.25) is 0 Å². The fraction of sp³-hybridized carbons (Fsp3) is 0. The molecule has 4 aromatic rings. The summed E-state index contributed by atoms with van der Waals surface area (Å²) in [6, 6.07) is 10.0. The topological polar surface area (TPSA) is 95.1 Å².